The van der Waals surface area contributed by atoms with Gasteiger partial charge in [-0.3, -0.25) is 20.4 Å². The summed E-state index contributed by atoms with van der Waals surface area (Å²) in [6.07, 6.45) is 7.73. The number of hydrazine groups is 1. The number of nitrogens with one attached hydrogen (secondary N) is 2. The topological polar surface area (TPSA) is 76.7 Å². The van der Waals surface area contributed by atoms with Crippen molar-refractivity contribution in [3.05, 3.63) is 51.2 Å². The van der Waals surface area contributed by atoms with E-state index in [1.54, 1.807) is 18.2 Å². The largest absolute Gasteiger partial charge is 0.490 e. The molecule has 7 heteroatoms. The highest BCUT2D eigenvalue weighted by Crippen LogP contribution is 2.29. The Morgan fingerprint density at radius 3 is 2.76 bits per heavy atom. The molecule has 0 saturated carbocycles. The summed E-state index contributed by atoms with van der Waals surface area (Å²) in [5, 5.41) is 0. The van der Waals surface area contributed by atoms with Crippen LogP contribution in [-0.4, -0.2) is 31.1 Å². The van der Waals surface area contributed by atoms with Gasteiger partial charge in [0.2, 0.25) is 0 Å². The van der Waals surface area contributed by atoms with Gasteiger partial charge < -0.3 is 9.47 Å². The maximum Gasteiger partial charge on any atom is 0.279 e. The number of para-hydroxylation sites is 1. The number of amides is 2. The Kier molecular flexibility index (Phi) is 6.46. The summed E-state index contributed by atoms with van der Waals surface area (Å²) < 4.78 is 11.4. The molecule has 2 aliphatic rings. The molecule has 0 bridgehead atoms. The van der Waals surface area contributed by atoms with Crippen LogP contribution in [-0.2, 0) is 17.6 Å². The molecule has 2 heterocycles. The van der Waals surface area contributed by atoms with Crippen molar-refractivity contribution in [1.82, 2.24) is 10.9 Å². The zero-order chi connectivity index (χ0) is 20.1. The highest BCUT2D eigenvalue weighted by atomic mass is 32.1. The first-order chi connectivity index (χ1) is 14.2. The fourth-order valence-electron chi connectivity index (χ4n) is 3.76. The second-order valence-electron chi connectivity index (χ2n) is 7.47. The van der Waals surface area contributed by atoms with E-state index in [0.717, 1.165) is 32.3 Å². The average molecular weight is 415 g/mol. The molecule has 6 nitrogen and oxygen atoms in total. The van der Waals surface area contributed by atoms with Crippen molar-refractivity contribution in [3.8, 4) is 5.75 Å². The molecule has 1 unspecified atom stereocenters. The van der Waals surface area contributed by atoms with Crippen LogP contribution in [0.5, 0.6) is 5.75 Å². The van der Waals surface area contributed by atoms with Crippen LogP contribution in [0.2, 0.25) is 0 Å². The van der Waals surface area contributed by atoms with E-state index in [-0.39, 0.29) is 12.0 Å². The number of carbonyl (C=O) groups excluding carboxylic acids is 2. The third-order valence-corrected chi connectivity index (χ3v) is 6.58. The van der Waals surface area contributed by atoms with Crippen LogP contribution in [0.1, 0.15) is 62.6 Å². The molecule has 0 spiro atoms. The minimum Gasteiger partial charge on any atom is -0.490 e. The second-order valence-corrected chi connectivity index (χ2v) is 8.61. The highest BCUT2D eigenvalue weighted by molar-refractivity contribution is 7.14. The maximum absolute atomic E-state index is 12.6. The van der Waals surface area contributed by atoms with Crippen LogP contribution in [0, 0.1) is 0 Å². The first-order valence-electron chi connectivity index (χ1n) is 10.3. The van der Waals surface area contributed by atoms with Crippen molar-refractivity contribution < 1.29 is 19.1 Å². The van der Waals surface area contributed by atoms with Gasteiger partial charge in [0.15, 0.2) is 0 Å². The molecule has 4 rings (SSSR count). The Bertz CT molecular complexity index is 850. The zero-order valence-electron chi connectivity index (χ0n) is 16.4. The predicted octanol–water partition coefficient (Wildman–Crippen LogP) is 3.65. The highest BCUT2D eigenvalue weighted by Gasteiger charge is 2.20. The molecule has 1 fully saturated rings. The van der Waals surface area contributed by atoms with Crippen molar-refractivity contribution >= 4 is 23.2 Å². The predicted molar refractivity (Wildman–Crippen MR) is 111 cm³/mol. The summed E-state index contributed by atoms with van der Waals surface area (Å²) >= 11 is 1.53. The van der Waals surface area contributed by atoms with E-state index in [1.165, 1.54) is 41.0 Å². The number of ether oxygens (including phenoxy) is 2. The number of hydrogen-bond acceptors (Lipinski definition) is 5. The fourth-order valence-corrected chi connectivity index (χ4v) is 4.91. The second kappa shape index (κ2) is 9.41. The van der Waals surface area contributed by atoms with Gasteiger partial charge >= 0.3 is 0 Å². The minimum absolute atomic E-state index is 0.0693. The van der Waals surface area contributed by atoms with Gasteiger partial charge in [0.05, 0.1) is 16.5 Å². The molecule has 1 aromatic carbocycles. The summed E-state index contributed by atoms with van der Waals surface area (Å²) in [6, 6.07) is 8.98. The molecule has 29 heavy (non-hydrogen) atoms. The SMILES string of the molecule is O=C(NNC(=O)c1ccccc1OCC1CCCO1)c1cc2c(s1)CCCCC2. The van der Waals surface area contributed by atoms with Gasteiger partial charge in [-0.25, -0.2) is 0 Å². The lowest BCUT2D eigenvalue weighted by molar-refractivity contribution is 0.0669. The lowest BCUT2D eigenvalue weighted by Gasteiger charge is -2.14. The van der Waals surface area contributed by atoms with Crippen LogP contribution in [0.15, 0.2) is 30.3 Å². The van der Waals surface area contributed by atoms with E-state index in [4.69, 9.17) is 9.47 Å². The van der Waals surface area contributed by atoms with Crippen molar-refractivity contribution in [2.24, 2.45) is 0 Å². The number of thiophene rings is 1. The number of benzene rings is 1. The van der Waals surface area contributed by atoms with Crippen LogP contribution in [0.3, 0.4) is 0 Å². The Morgan fingerprint density at radius 2 is 1.90 bits per heavy atom. The molecule has 0 radical (unpaired) electrons. The summed E-state index contributed by atoms with van der Waals surface area (Å²) in [6.45, 7) is 1.17. The van der Waals surface area contributed by atoms with E-state index in [9.17, 15) is 9.59 Å². The standard InChI is InChI=1S/C22H26N2O4S/c25-21(17-9-4-5-10-18(17)28-14-16-8-6-12-27-16)23-24-22(26)20-13-15-7-2-1-3-11-19(15)29-20/h4-5,9-10,13,16H,1-3,6-8,11-12,14H2,(H,23,25)(H,24,26). The monoisotopic (exact) mass is 414 g/mol. The smallest absolute Gasteiger partial charge is 0.279 e. The molecule has 2 N–H and O–H groups in total. The average Bonchev–Trinajstić information content (AvgIpc) is 3.36. The van der Waals surface area contributed by atoms with E-state index in [0.29, 0.717) is 22.8 Å². The molecular formula is C22H26N2O4S. The quantitative estimate of drug-likeness (QED) is 0.578. The molecule has 1 aliphatic heterocycles. The van der Waals surface area contributed by atoms with Crippen LogP contribution < -0.4 is 15.6 Å². The van der Waals surface area contributed by atoms with Gasteiger partial charge in [-0.1, -0.05) is 18.6 Å². The maximum atomic E-state index is 12.6. The molecule has 2 aromatic rings. The third-order valence-electron chi connectivity index (χ3n) is 5.34. The number of hydrogen-bond donors (Lipinski definition) is 2. The molecule has 1 aromatic heterocycles. The summed E-state index contributed by atoms with van der Waals surface area (Å²) in [5.41, 5.74) is 6.71. The van der Waals surface area contributed by atoms with Gasteiger partial charge in [-0.15, -0.1) is 11.3 Å². The number of carbonyl (C=O) groups is 2. The third kappa shape index (κ3) is 4.97. The molecule has 1 saturated heterocycles. The lowest BCUT2D eigenvalue weighted by Crippen LogP contribution is -2.41. The van der Waals surface area contributed by atoms with E-state index < -0.39 is 5.91 Å². The molecule has 1 aliphatic carbocycles. The summed E-state index contributed by atoms with van der Waals surface area (Å²) in [4.78, 5) is 27.0. The Labute approximate surface area is 174 Å². The van der Waals surface area contributed by atoms with Crippen molar-refractivity contribution in [1.29, 1.82) is 0 Å². The Morgan fingerprint density at radius 1 is 1.07 bits per heavy atom. The fraction of sp³-hybridized carbons (Fsp3) is 0.455. The van der Waals surface area contributed by atoms with Gasteiger partial charge in [-0.05, 0) is 62.3 Å². The lowest BCUT2D eigenvalue weighted by atomic mass is 10.1. The molecule has 2 amide bonds. The van der Waals surface area contributed by atoms with Gasteiger partial charge in [0.1, 0.15) is 12.4 Å². The first kappa shape index (κ1) is 19.9. The number of rotatable bonds is 5. The Hall–Kier alpha value is -2.38. The van der Waals surface area contributed by atoms with Gasteiger partial charge in [-0.2, -0.15) is 0 Å². The van der Waals surface area contributed by atoms with Crippen molar-refractivity contribution in [3.63, 3.8) is 0 Å². The van der Waals surface area contributed by atoms with Gasteiger partial charge in [0, 0.05) is 11.5 Å². The minimum atomic E-state index is -0.403. The first-order valence-corrected chi connectivity index (χ1v) is 11.1. The normalized spacial score (nSPS) is 18.6. The zero-order valence-corrected chi connectivity index (χ0v) is 17.2. The van der Waals surface area contributed by atoms with Crippen molar-refractivity contribution in [2.45, 2.75) is 51.0 Å². The van der Waals surface area contributed by atoms with E-state index >= 15 is 0 Å². The van der Waals surface area contributed by atoms with Crippen molar-refractivity contribution in [2.75, 3.05) is 13.2 Å². The molecular weight excluding hydrogens is 388 g/mol. The van der Waals surface area contributed by atoms with E-state index in [2.05, 4.69) is 10.9 Å². The molecule has 154 valence electrons. The number of fused-ring (bicyclic) bond motifs is 1. The summed E-state index contributed by atoms with van der Waals surface area (Å²) in [5.74, 6) is -0.203. The van der Waals surface area contributed by atoms with Crippen LogP contribution in [0.4, 0.5) is 0 Å². The molecule has 1 atom stereocenters. The number of aryl methyl sites for hydroxylation is 2. The van der Waals surface area contributed by atoms with E-state index in [1.807, 2.05) is 12.1 Å². The van der Waals surface area contributed by atoms with Crippen LogP contribution >= 0.6 is 11.3 Å². The van der Waals surface area contributed by atoms with Gasteiger partial charge in [0.25, 0.3) is 11.8 Å². The summed E-state index contributed by atoms with van der Waals surface area (Å²) in [7, 11) is 0. The van der Waals surface area contributed by atoms with Crippen LogP contribution in [0.25, 0.3) is 0 Å². The Balaban J connectivity index is 1.35.